The minimum Gasteiger partial charge on any atom is -0.292 e. The second kappa shape index (κ2) is 6.42. The van der Waals surface area contributed by atoms with Crippen molar-refractivity contribution in [3.8, 4) is 0 Å². The molecule has 0 amide bonds. The maximum Gasteiger partial charge on any atom is 0.193 e. The fraction of sp³-hybridized carbons (Fsp3) is 0.167. The molecule has 0 spiro atoms. The summed E-state index contributed by atoms with van der Waals surface area (Å²) < 4.78 is 13.2. The highest BCUT2D eigenvalue weighted by Crippen LogP contribution is 2.19. The molecular weight excluding hydrogens is 301 g/mol. The van der Waals surface area contributed by atoms with E-state index < -0.39 is 5.82 Å². The highest BCUT2D eigenvalue weighted by Gasteiger charge is 2.12. The number of ketones is 1. The van der Waals surface area contributed by atoms with Crippen molar-refractivity contribution in [3.05, 3.63) is 82.1 Å². The maximum absolute atomic E-state index is 13.2. The normalized spacial score (nSPS) is 14.5. The molecule has 112 valence electrons. The fourth-order valence-electron chi connectivity index (χ4n) is 2.47. The van der Waals surface area contributed by atoms with E-state index in [1.54, 1.807) is 12.1 Å². The van der Waals surface area contributed by atoms with Crippen molar-refractivity contribution in [1.82, 2.24) is 4.90 Å². The molecule has 0 saturated heterocycles. The highest BCUT2D eigenvalue weighted by molar-refractivity contribution is 6.31. The molecule has 2 aromatic rings. The van der Waals surface area contributed by atoms with Gasteiger partial charge in [0.1, 0.15) is 5.82 Å². The van der Waals surface area contributed by atoms with Crippen molar-refractivity contribution in [1.29, 1.82) is 0 Å². The van der Waals surface area contributed by atoms with Crippen molar-refractivity contribution in [2.24, 2.45) is 0 Å². The summed E-state index contributed by atoms with van der Waals surface area (Å²) in [5.41, 5.74) is 2.13. The first kappa shape index (κ1) is 14.9. The molecule has 2 aromatic carbocycles. The summed E-state index contributed by atoms with van der Waals surface area (Å²) in [5.74, 6) is -0.677. The number of carbonyl (C=O) groups is 1. The zero-order valence-corrected chi connectivity index (χ0v) is 12.7. The standard InChI is InChI=1S/C18H15ClFNO/c19-16-11-15(7-8-17(16)20)18(22)14-5-3-13(4-6-14)12-21-9-1-2-10-21/h1-8,11H,9-10,12H2. The number of rotatable bonds is 4. The number of halogens is 2. The Morgan fingerprint density at radius 2 is 1.68 bits per heavy atom. The van der Waals surface area contributed by atoms with Gasteiger partial charge in [0.15, 0.2) is 5.78 Å². The second-order valence-electron chi connectivity index (χ2n) is 5.32. The molecule has 0 atom stereocenters. The number of carbonyl (C=O) groups excluding carboxylic acids is 1. The SMILES string of the molecule is O=C(c1ccc(CN2CC=CC2)cc1)c1ccc(F)c(Cl)c1. The van der Waals surface area contributed by atoms with E-state index in [9.17, 15) is 9.18 Å². The van der Waals surface area contributed by atoms with Crippen LogP contribution in [-0.4, -0.2) is 23.8 Å². The van der Waals surface area contributed by atoms with Gasteiger partial charge in [-0.25, -0.2) is 4.39 Å². The molecule has 1 aliphatic heterocycles. The molecule has 0 radical (unpaired) electrons. The molecule has 0 bridgehead atoms. The van der Waals surface area contributed by atoms with E-state index >= 15 is 0 Å². The zero-order valence-electron chi connectivity index (χ0n) is 11.9. The Morgan fingerprint density at radius 1 is 1.05 bits per heavy atom. The molecule has 4 heteroatoms. The maximum atomic E-state index is 13.2. The lowest BCUT2D eigenvalue weighted by Gasteiger charge is -2.14. The van der Waals surface area contributed by atoms with Crippen molar-refractivity contribution < 1.29 is 9.18 Å². The van der Waals surface area contributed by atoms with Gasteiger partial charge in [-0.1, -0.05) is 48.0 Å². The van der Waals surface area contributed by atoms with Crippen LogP contribution in [0, 0.1) is 5.82 Å². The Labute approximate surface area is 133 Å². The number of hydrogen-bond donors (Lipinski definition) is 0. The molecule has 3 rings (SSSR count). The third-order valence-corrected chi connectivity index (χ3v) is 3.99. The largest absolute Gasteiger partial charge is 0.292 e. The van der Waals surface area contributed by atoms with Crippen LogP contribution in [0.15, 0.2) is 54.6 Å². The summed E-state index contributed by atoms with van der Waals surface area (Å²) in [6.07, 6.45) is 4.30. The number of hydrogen-bond acceptors (Lipinski definition) is 2. The van der Waals surface area contributed by atoms with Gasteiger partial charge in [-0.2, -0.15) is 0 Å². The second-order valence-corrected chi connectivity index (χ2v) is 5.73. The lowest BCUT2D eigenvalue weighted by molar-refractivity contribution is 0.103. The quantitative estimate of drug-likeness (QED) is 0.626. The third kappa shape index (κ3) is 3.26. The van der Waals surface area contributed by atoms with E-state index in [1.165, 1.54) is 18.2 Å². The molecule has 1 aliphatic rings. The van der Waals surface area contributed by atoms with Crippen LogP contribution in [0.25, 0.3) is 0 Å². The number of nitrogens with zero attached hydrogens (tertiary/aromatic N) is 1. The molecule has 0 aliphatic carbocycles. The van der Waals surface area contributed by atoms with Gasteiger partial charge in [0.2, 0.25) is 0 Å². The lowest BCUT2D eigenvalue weighted by atomic mass is 10.0. The van der Waals surface area contributed by atoms with Crippen molar-refractivity contribution in [3.63, 3.8) is 0 Å². The molecular formula is C18H15ClFNO. The summed E-state index contributed by atoms with van der Waals surface area (Å²) in [5, 5.41) is -0.0380. The minimum atomic E-state index is -0.521. The van der Waals surface area contributed by atoms with Crippen LogP contribution in [0.3, 0.4) is 0 Å². The molecule has 1 heterocycles. The molecule has 0 N–H and O–H groups in total. The van der Waals surface area contributed by atoms with Gasteiger partial charge in [-0.3, -0.25) is 9.69 Å². The molecule has 0 fully saturated rings. The first-order valence-electron chi connectivity index (χ1n) is 7.09. The van der Waals surface area contributed by atoms with Gasteiger partial charge in [0, 0.05) is 30.8 Å². The van der Waals surface area contributed by atoms with Gasteiger partial charge >= 0.3 is 0 Å². The van der Waals surface area contributed by atoms with E-state index in [0.717, 1.165) is 25.2 Å². The highest BCUT2D eigenvalue weighted by atomic mass is 35.5. The number of benzene rings is 2. The van der Waals surface area contributed by atoms with Gasteiger partial charge < -0.3 is 0 Å². The minimum absolute atomic E-state index is 0.0380. The Kier molecular flexibility index (Phi) is 4.36. The average molecular weight is 316 g/mol. The van der Waals surface area contributed by atoms with Gasteiger partial charge in [0.25, 0.3) is 0 Å². The third-order valence-electron chi connectivity index (χ3n) is 3.70. The van der Waals surface area contributed by atoms with Crippen LogP contribution in [0.1, 0.15) is 21.5 Å². The van der Waals surface area contributed by atoms with E-state index in [0.29, 0.717) is 11.1 Å². The van der Waals surface area contributed by atoms with Crippen LogP contribution < -0.4 is 0 Å². The van der Waals surface area contributed by atoms with Crippen LogP contribution in [-0.2, 0) is 6.54 Å². The van der Waals surface area contributed by atoms with E-state index in [2.05, 4.69) is 17.1 Å². The van der Waals surface area contributed by atoms with Crippen molar-refractivity contribution >= 4 is 17.4 Å². The first-order valence-corrected chi connectivity index (χ1v) is 7.47. The molecule has 0 unspecified atom stereocenters. The summed E-state index contributed by atoms with van der Waals surface area (Å²) in [6.45, 7) is 2.80. The average Bonchev–Trinajstić information content (AvgIpc) is 3.03. The van der Waals surface area contributed by atoms with E-state index in [4.69, 9.17) is 11.6 Å². The molecule has 0 aromatic heterocycles. The monoisotopic (exact) mass is 315 g/mol. The van der Waals surface area contributed by atoms with Crippen molar-refractivity contribution in [2.75, 3.05) is 13.1 Å². The van der Waals surface area contributed by atoms with Gasteiger partial charge in [-0.05, 0) is 23.8 Å². The summed E-state index contributed by atoms with van der Waals surface area (Å²) >= 11 is 5.73. The van der Waals surface area contributed by atoms with Gasteiger partial charge in [0.05, 0.1) is 5.02 Å². The molecule has 0 saturated carbocycles. The predicted octanol–water partition coefficient (Wildman–Crippen LogP) is 4.08. The fourth-order valence-corrected chi connectivity index (χ4v) is 2.66. The summed E-state index contributed by atoms with van der Waals surface area (Å²) in [6, 6.07) is 11.5. The topological polar surface area (TPSA) is 20.3 Å². The smallest absolute Gasteiger partial charge is 0.193 e. The first-order chi connectivity index (χ1) is 10.6. The van der Waals surface area contributed by atoms with Gasteiger partial charge in [-0.15, -0.1) is 0 Å². The molecule has 2 nitrogen and oxygen atoms in total. The van der Waals surface area contributed by atoms with Crippen molar-refractivity contribution in [2.45, 2.75) is 6.54 Å². The van der Waals surface area contributed by atoms with Crippen LogP contribution in [0.2, 0.25) is 5.02 Å². The summed E-state index contributed by atoms with van der Waals surface area (Å²) in [4.78, 5) is 14.7. The van der Waals surface area contributed by atoms with Crippen LogP contribution in [0.5, 0.6) is 0 Å². The Balaban J connectivity index is 1.73. The Bertz CT molecular complexity index is 716. The van der Waals surface area contributed by atoms with E-state index in [-0.39, 0.29) is 10.8 Å². The summed E-state index contributed by atoms with van der Waals surface area (Å²) in [7, 11) is 0. The van der Waals surface area contributed by atoms with Crippen LogP contribution in [0.4, 0.5) is 4.39 Å². The van der Waals surface area contributed by atoms with E-state index in [1.807, 2.05) is 12.1 Å². The van der Waals surface area contributed by atoms with Crippen LogP contribution >= 0.6 is 11.6 Å². The predicted molar refractivity (Wildman–Crippen MR) is 85.7 cm³/mol. The lowest BCUT2D eigenvalue weighted by Crippen LogP contribution is -2.19. The Hall–Kier alpha value is -1.97. The molecule has 22 heavy (non-hydrogen) atoms. The Morgan fingerprint density at radius 3 is 2.32 bits per heavy atom. The zero-order chi connectivity index (χ0) is 15.5.